The van der Waals surface area contributed by atoms with Crippen molar-refractivity contribution in [3.05, 3.63) is 64.4 Å². The van der Waals surface area contributed by atoms with E-state index in [1.165, 1.54) is 28.9 Å². The van der Waals surface area contributed by atoms with Gasteiger partial charge in [-0.1, -0.05) is 0 Å². The number of hydrogen-bond donors (Lipinski definition) is 0. The van der Waals surface area contributed by atoms with Crippen LogP contribution >= 0.6 is 15.9 Å². The van der Waals surface area contributed by atoms with Gasteiger partial charge in [-0.3, -0.25) is 9.48 Å². The van der Waals surface area contributed by atoms with Gasteiger partial charge >= 0.3 is 0 Å². The molecule has 136 valence electrons. The predicted octanol–water partition coefficient (Wildman–Crippen LogP) is 2.83. The van der Waals surface area contributed by atoms with Gasteiger partial charge in [-0.2, -0.15) is 10.2 Å². The van der Waals surface area contributed by atoms with Crippen molar-refractivity contribution in [2.45, 2.75) is 13.3 Å². The highest BCUT2D eigenvalue weighted by Crippen LogP contribution is 2.17. The zero-order chi connectivity index (χ0) is 18.7. The van der Waals surface area contributed by atoms with Gasteiger partial charge in [0.2, 0.25) is 0 Å². The maximum Gasteiger partial charge on any atom is 0.274 e. The summed E-state index contributed by atoms with van der Waals surface area (Å²) in [6.07, 6.45) is 3.35. The fraction of sp³-hybridized carbons (Fsp3) is 0.235. The largest absolute Gasteiger partial charge is 0.471 e. The lowest BCUT2D eigenvalue weighted by atomic mass is 10.3. The number of rotatable bonds is 6. The summed E-state index contributed by atoms with van der Waals surface area (Å²) >= 11 is 3.42. The molecule has 26 heavy (non-hydrogen) atoms. The molecule has 3 rings (SSSR count). The van der Waals surface area contributed by atoms with E-state index in [1.807, 2.05) is 7.05 Å². The van der Waals surface area contributed by atoms with Gasteiger partial charge in [-0.15, -0.1) is 0 Å². The molecule has 9 heteroatoms. The van der Waals surface area contributed by atoms with Crippen molar-refractivity contribution in [1.82, 2.24) is 24.5 Å². The molecule has 0 unspecified atom stereocenters. The molecule has 0 radical (unpaired) electrons. The number of aromatic nitrogens is 4. The third-order valence-electron chi connectivity index (χ3n) is 3.78. The van der Waals surface area contributed by atoms with E-state index in [4.69, 9.17) is 4.74 Å². The van der Waals surface area contributed by atoms with Crippen molar-refractivity contribution in [2.24, 2.45) is 7.05 Å². The van der Waals surface area contributed by atoms with Gasteiger partial charge in [0.05, 0.1) is 22.9 Å². The Labute approximate surface area is 158 Å². The second-order valence-electron chi connectivity index (χ2n) is 5.69. The van der Waals surface area contributed by atoms with Gasteiger partial charge in [-0.05, 0) is 46.3 Å². The molecule has 2 heterocycles. The zero-order valence-corrected chi connectivity index (χ0v) is 15.9. The highest BCUT2D eigenvalue weighted by Gasteiger charge is 2.18. The highest BCUT2D eigenvalue weighted by molar-refractivity contribution is 9.10. The Hall–Kier alpha value is -2.68. The molecule has 0 spiro atoms. The van der Waals surface area contributed by atoms with Crippen molar-refractivity contribution in [2.75, 3.05) is 7.05 Å². The van der Waals surface area contributed by atoms with E-state index in [1.54, 1.807) is 35.1 Å². The van der Waals surface area contributed by atoms with E-state index in [2.05, 4.69) is 26.1 Å². The van der Waals surface area contributed by atoms with Gasteiger partial charge in [0.25, 0.3) is 5.91 Å². The number of benzene rings is 1. The molecule has 1 amide bonds. The van der Waals surface area contributed by atoms with E-state index >= 15 is 0 Å². The lowest BCUT2D eigenvalue weighted by Crippen LogP contribution is -2.28. The first kappa shape index (κ1) is 18.1. The van der Waals surface area contributed by atoms with Crippen molar-refractivity contribution < 1.29 is 13.9 Å². The van der Waals surface area contributed by atoms with E-state index < -0.39 is 0 Å². The van der Waals surface area contributed by atoms with Crippen LogP contribution in [0, 0.1) is 5.82 Å². The van der Waals surface area contributed by atoms with E-state index in [-0.39, 0.29) is 18.5 Å². The number of halogens is 2. The van der Waals surface area contributed by atoms with Crippen molar-refractivity contribution in [3.63, 3.8) is 0 Å². The van der Waals surface area contributed by atoms with Gasteiger partial charge in [0.1, 0.15) is 11.6 Å². The van der Waals surface area contributed by atoms with Crippen LogP contribution in [0.25, 0.3) is 0 Å². The molecule has 0 bridgehead atoms. The molecule has 0 N–H and O–H groups in total. The molecule has 0 saturated carbocycles. The van der Waals surface area contributed by atoms with Crippen molar-refractivity contribution >= 4 is 21.8 Å². The van der Waals surface area contributed by atoms with Crippen molar-refractivity contribution in [1.29, 1.82) is 0 Å². The molecule has 3 aromatic rings. The first-order valence-corrected chi connectivity index (χ1v) is 8.57. The molecule has 0 atom stereocenters. The van der Waals surface area contributed by atoms with Crippen LogP contribution in [0.1, 0.15) is 16.2 Å². The van der Waals surface area contributed by atoms with Crippen LogP contribution in [0.3, 0.4) is 0 Å². The minimum Gasteiger partial charge on any atom is -0.471 e. The molecular weight excluding hydrogens is 405 g/mol. The second-order valence-corrected chi connectivity index (χ2v) is 6.55. The summed E-state index contributed by atoms with van der Waals surface area (Å²) < 4.78 is 22.4. The summed E-state index contributed by atoms with van der Waals surface area (Å²) in [6.45, 7) is 0.519. The number of carbonyl (C=O) groups excluding carboxylic acids is 1. The fourth-order valence-corrected chi connectivity index (χ4v) is 2.80. The molecule has 2 aromatic heterocycles. The molecule has 0 fully saturated rings. The molecular formula is C17H17BrFN5O2. The summed E-state index contributed by atoms with van der Waals surface area (Å²) in [7, 11) is 3.52. The third kappa shape index (κ3) is 4.10. The second kappa shape index (κ2) is 7.69. The number of ether oxygens (including phenoxy) is 1. The van der Waals surface area contributed by atoms with E-state index in [9.17, 15) is 9.18 Å². The Morgan fingerprint density at radius 2 is 2.04 bits per heavy atom. The lowest BCUT2D eigenvalue weighted by molar-refractivity contribution is 0.0773. The Balaban J connectivity index is 1.61. The van der Waals surface area contributed by atoms with Crippen LogP contribution in [0.15, 0.2) is 47.2 Å². The number of aryl methyl sites for hydroxylation is 1. The smallest absolute Gasteiger partial charge is 0.274 e. The quantitative estimate of drug-likeness (QED) is 0.613. The molecule has 0 aliphatic heterocycles. The van der Waals surface area contributed by atoms with E-state index in [0.717, 1.165) is 10.2 Å². The number of hydrogen-bond acceptors (Lipinski definition) is 4. The maximum atomic E-state index is 12.9. The summed E-state index contributed by atoms with van der Waals surface area (Å²) in [6, 6.07) is 7.33. The van der Waals surface area contributed by atoms with Gasteiger partial charge in [0, 0.05) is 20.3 Å². The van der Waals surface area contributed by atoms with Crippen molar-refractivity contribution in [3.8, 4) is 5.75 Å². The average molecular weight is 422 g/mol. The summed E-state index contributed by atoms with van der Waals surface area (Å²) in [5.74, 6) is -0.0148. The molecule has 0 aliphatic carbocycles. The fourth-order valence-electron chi connectivity index (χ4n) is 2.33. The zero-order valence-electron chi connectivity index (χ0n) is 14.3. The topological polar surface area (TPSA) is 65.2 Å². The summed E-state index contributed by atoms with van der Waals surface area (Å²) in [5.41, 5.74) is 1.20. The van der Waals surface area contributed by atoms with Gasteiger partial charge in [0.15, 0.2) is 12.4 Å². The standard InChI is InChI=1S/C17H17BrFN5O2/c1-22(10-16-14(18)9-20-23(16)2)17(25)15-7-8-24(21-15)11-26-13-5-3-12(19)4-6-13/h3-9H,10-11H2,1-2H3. The Bertz CT molecular complexity index is 887. The Morgan fingerprint density at radius 1 is 1.31 bits per heavy atom. The van der Waals surface area contributed by atoms with Gasteiger partial charge < -0.3 is 9.64 Å². The molecule has 0 aliphatic rings. The monoisotopic (exact) mass is 421 g/mol. The molecule has 0 saturated heterocycles. The van der Waals surface area contributed by atoms with E-state index in [0.29, 0.717) is 18.0 Å². The van der Waals surface area contributed by atoms with Crippen LogP contribution in [-0.2, 0) is 20.3 Å². The summed E-state index contributed by atoms with van der Waals surface area (Å²) in [5, 5.41) is 8.37. The Kier molecular flexibility index (Phi) is 5.36. The van der Waals surface area contributed by atoms with Crippen LogP contribution < -0.4 is 4.74 Å². The van der Waals surface area contributed by atoms with Crippen LogP contribution in [0.5, 0.6) is 5.75 Å². The summed E-state index contributed by atoms with van der Waals surface area (Å²) in [4.78, 5) is 14.1. The predicted molar refractivity (Wildman–Crippen MR) is 96.0 cm³/mol. The first-order valence-electron chi connectivity index (χ1n) is 7.77. The number of amides is 1. The minimum atomic E-state index is -0.326. The third-order valence-corrected chi connectivity index (χ3v) is 4.44. The average Bonchev–Trinajstić information content (AvgIpc) is 3.22. The first-order chi connectivity index (χ1) is 12.4. The minimum absolute atomic E-state index is 0.121. The Morgan fingerprint density at radius 3 is 2.69 bits per heavy atom. The maximum absolute atomic E-state index is 12.9. The molecule has 1 aromatic carbocycles. The van der Waals surface area contributed by atoms with Crippen LogP contribution in [0.2, 0.25) is 0 Å². The number of nitrogens with zero attached hydrogens (tertiary/aromatic N) is 5. The highest BCUT2D eigenvalue weighted by atomic mass is 79.9. The molecule has 7 nitrogen and oxygen atoms in total. The lowest BCUT2D eigenvalue weighted by Gasteiger charge is -2.16. The van der Waals surface area contributed by atoms with Crippen LogP contribution in [0.4, 0.5) is 4.39 Å². The normalized spacial score (nSPS) is 10.8. The van der Waals surface area contributed by atoms with Crippen LogP contribution in [-0.4, -0.2) is 37.4 Å². The SMILES string of the molecule is CN(Cc1c(Br)cnn1C)C(=O)c1ccn(COc2ccc(F)cc2)n1. The van der Waals surface area contributed by atoms with Gasteiger partial charge in [-0.25, -0.2) is 9.07 Å². The number of carbonyl (C=O) groups is 1.